The zero-order valence-electron chi connectivity index (χ0n) is 9.63. The molecule has 0 fully saturated rings. The van der Waals surface area contributed by atoms with Crippen LogP contribution in [0.1, 0.15) is 11.7 Å². The van der Waals surface area contributed by atoms with Gasteiger partial charge in [0, 0.05) is 5.69 Å². The van der Waals surface area contributed by atoms with Gasteiger partial charge in [0.1, 0.15) is 11.3 Å². The Kier molecular flexibility index (Phi) is 2.98. The van der Waals surface area contributed by atoms with E-state index in [1.807, 2.05) is 30.3 Å². The summed E-state index contributed by atoms with van der Waals surface area (Å²) in [6.45, 7) is 0. The summed E-state index contributed by atoms with van der Waals surface area (Å²) < 4.78 is 10.9. The van der Waals surface area contributed by atoms with Crippen LogP contribution in [0.3, 0.4) is 0 Å². The zero-order valence-corrected chi connectivity index (χ0v) is 10.4. The number of nitrogen functional groups attached to an aromatic ring is 1. The molecular formula is C13H12N2O2S. The van der Waals surface area contributed by atoms with E-state index in [1.165, 1.54) is 0 Å². The summed E-state index contributed by atoms with van der Waals surface area (Å²) in [4.78, 5) is 4.39. The molecule has 0 radical (unpaired) electrons. The molecule has 0 aliphatic heterocycles. The van der Waals surface area contributed by atoms with Crippen molar-refractivity contribution in [3.05, 3.63) is 48.2 Å². The van der Waals surface area contributed by atoms with Crippen molar-refractivity contribution in [3.63, 3.8) is 0 Å². The maximum absolute atomic E-state index is 5.70. The van der Waals surface area contributed by atoms with Crippen LogP contribution < -0.4 is 5.73 Å². The van der Waals surface area contributed by atoms with Crippen molar-refractivity contribution < 1.29 is 8.83 Å². The van der Waals surface area contributed by atoms with Gasteiger partial charge in [-0.2, -0.15) is 0 Å². The van der Waals surface area contributed by atoms with Gasteiger partial charge in [-0.1, -0.05) is 0 Å². The van der Waals surface area contributed by atoms with E-state index in [2.05, 4.69) is 4.98 Å². The predicted octanol–water partition coefficient (Wildman–Crippen LogP) is 3.44. The first-order chi connectivity index (χ1) is 8.81. The van der Waals surface area contributed by atoms with E-state index in [-0.39, 0.29) is 0 Å². The van der Waals surface area contributed by atoms with Crippen LogP contribution in [0.4, 0.5) is 5.69 Å². The van der Waals surface area contributed by atoms with Crippen molar-refractivity contribution in [2.45, 2.75) is 11.5 Å². The van der Waals surface area contributed by atoms with Gasteiger partial charge >= 0.3 is 0 Å². The second-order valence-corrected chi connectivity index (χ2v) is 4.89. The Hall–Kier alpha value is -1.88. The first-order valence-corrected chi connectivity index (χ1v) is 6.72. The fourth-order valence-electron chi connectivity index (χ4n) is 1.69. The first-order valence-electron chi connectivity index (χ1n) is 5.56. The number of nitrogens with two attached hydrogens (primary N) is 1. The molecule has 3 aromatic rings. The number of nitrogens with zero attached hydrogens (tertiary/aromatic N) is 1. The number of oxazole rings is 1. The number of hydrogen-bond acceptors (Lipinski definition) is 5. The van der Waals surface area contributed by atoms with Gasteiger partial charge in [0.2, 0.25) is 5.89 Å². The molecule has 92 valence electrons. The fourth-order valence-corrected chi connectivity index (χ4v) is 2.45. The van der Waals surface area contributed by atoms with Crippen LogP contribution in [0.5, 0.6) is 0 Å². The molecule has 4 nitrogen and oxygen atoms in total. The Morgan fingerprint density at radius 3 is 3.00 bits per heavy atom. The lowest BCUT2D eigenvalue weighted by Gasteiger charge is -1.94. The van der Waals surface area contributed by atoms with Crippen molar-refractivity contribution in [1.29, 1.82) is 0 Å². The average molecular weight is 260 g/mol. The molecule has 5 heteroatoms. The van der Waals surface area contributed by atoms with Gasteiger partial charge < -0.3 is 14.6 Å². The van der Waals surface area contributed by atoms with Gasteiger partial charge in [-0.25, -0.2) is 4.98 Å². The van der Waals surface area contributed by atoms with E-state index in [9.17, 15) is 0 Å². The Balaban J connectivity index is 1.67. The maximum atomic E-state index is 5.70. The number of anilines is 1. The monoisotopic (exact) mass is 260 g/mol. The first kappa shape index (κ1) is 11.2. The van der Waals surface area contributed by atoms with E-state index >= 15 is 0 Å². The molecule has 0 aliphatic carbocycles. The minimum atomic E-state index is 0.700. The summed E-state index contributed by atoms with van der Waals surface area (Å²) >= 11 is 1.70. The van der Waals surface area contributed by atoms with E-state index in [4.69, 9.17) is 14.6 Å². The van der Waals surface area contributed by atoms with Crippen molar-refractivity contribution in [3.8, 4) is 0 Å². The third-order valence-corrected chi connectivity index (χ3v) is 3.45. The van der Waals surface area contributed by atoms with Gasteiger partial charge in [0.25, 0.3) is 0 Å². The highest BCUT2D eigenvalue weighted by molar-refractivity contribution is 7.97. The number of hydrogen-bond donors (Lipinski definition) is 1. The molecule has 0 unspecified atom stereocenters. The highest BCUT2D eigenvalue weighted by Crippen LogP contribution is 2.22. The van der Waals surface area contributed by atoms with Gasteiger partial charge in [0.05, 0.1) is 17.8 Å². The van der Waals surface area contributed by atoms with Crippen LogP contribution >= 0.6 is 11.8 Å². The second kappa shape index (κ2) is 4.78. The molecule has 3 rings (SSSR count). The number of rotatable bonds is 4. The summed E-state index contributed by atoms with van der Waals surface area (Å²) in [5, 5.41) is 0. The molecule has 0 amide bonds. The van der Waals surface area contributed by atoms with Crippen LogP contribution in [-0.4, -0.2) is 4.98 Å². The number of fused-ring (bicyclic) bond motifs is 1. The Bertz CT molecular complexity index is 646. The molecule has 2 heterocycles. The van der Waals surface area contributed by atoms with Crippen LogP contribution in [0.25, 0.3) is 11.1 Å². The van der Waals surface area contributed by atoms with E-state index in [0.717, 1.165) is 28.4 Å². The van der Waals surface area contributed by atoms with Crippen LogP contribution in [0, 0.1) is 0 Å². The Morgan fingerprint density at radius 1 is 1.22 bits per heavy atom. The molecule has 1 aromatic carbocycles. The smallest absolute Gasteiger partial charge is 0.205 e. The van der Waals surface area contributed by atoms with Gasteiger partial charge in [0.15, 0.2) is 5.58 Å². The summed E-state index contributed by atoms with van der Waals surface area (Å²) in [6, 6.07) is 9.32. The molecule has 2 aromatic heterocycles. The molecule has 2 N–H and O–H groups in total. The molecule has 0 spiro atoms. The standard InChI is InChI=1S/C13H12N2O2S/c14-9-3-4-12-11(6-9)15-13(17-12)8-18-7-10-2-1-5-16-10/h1-6H,7-8,14H2. The average Bonchev–Trinajstić information content (AvgIpc) is 2.97. The number of benzene rings is 1. The lowest BCUT2D eigenvalue weighted by Crippen LogP contribution is -1.83. The van der Waals surface area contributed by atoms with E-state index in [0.29, 0.717) is 11.6 Å². The second-order valence-electron chi connectivity index (χ2n) is 3.91. The highest BCUT2D eigenvalue weighted by atomic mass is 32.2. The molecular weight excluding hydrogens is 248 g/mol. The van der Waals surface area contributed by atoms with Crippen molar-refractivity contribution in [1.82, 2.24) is 4.98 Å². The lowest BCUT2D eigenvalue weighted by atomic mass is 10.3. The van der Waals surface area contributed by atoms with Crippen molar-refractivity contribution in [2.24, 2.45) is 0 Å². The Morgan fingerprint density at radius 2 is 2.17 bits per heavy atom. The lowest BCUT2D eigenvalue weighted by molar-refractivity contribution is 0.529. The predicted molar refractivity (Wildman–Crippen MR) is 72.1 cm³/mol. The molecule has 0 atom stereocenters. The molecule has 18 heavy (non-hydrogen) atoms. The largest absolute Gasteiger partial charge is 0.468 e. The van der Waals surface area contributed by atoms with Crippen molar-refractivity contribution in [2.75, 3.05) is 5.73 Å². The summed E-state index contributed by atoms with van der Waals surface area (Å²) in [6.07, 6.45) is 1.68. The molecule has 0 bridgehead atoms. The quantitative estimate of drug-likeness (QED) is 0.728. The van der Waals surface area contributed by atoms with Gasteiger partial charge in [-0.3, -0.25) is 0 Å². The maximum Gasteiger partial charge on any atom is 0.205 e. The summed E-state index contributed by atoms with van der Waals surface area (Å²) in [5.41, 5.74) is 7.98. The Labute approximate surface area is 108 Å². The van der Waals surface area contributed by atoms with Gasteiger partial charge in [-0.15, -0.1) is 11.8 Å². The van der Waals surface area contributed by atoms with Crippen LogP contribution in [-0.2, 0) is 11.5 Å². The minimum absolute atomic E-state index is 0.700. The third-order valence-electron chi connectivity index (χ3n) is 2.51. The van der Waals surface area contributed by atoms with E-state index < -0.39 is 0 Å². The van der Waals surface area contributed by atoms with Crippen molar-refractivity contribution >= 4 is 28.5 Å². The summed E-state index contributed by atoms with van der Waals surface area (Å²) in [7, 11) is 0. The van der Waals surface area contributed by atoms with Crippen LogP contribution in [0.15, 0.2) is 45.4 Å². The van der Waals surface area contributed by atoms with Gasteiger partial charge in [-0.05, 0) is 30.3 Å². The highest BCUT2D eigenvalue weighted by Gasteiger charge is 2.06. The number of thioether (sulfide) groups is 1. The number of aromatic nitrogens is 1. The molecule has 0 saturated carbocycles. The summed E-state index contributed by atoms with van der Waals surface area (Å²) in [5.74, 6) is 3.20. The fraction of sp³-hybridized carbons (Fsp3) is 0.154. The molecule has 0 saturated heterocycles. The SMILES string of the molecule is Nc1ccc2oc(CSCc3ccco3)nc2c1. The van der Waals surface area contributed by atoms with E-state index in [1.54, 1.807) is 18.0 Å². The minimum Gasteiger partial charge on any atom is -0.468 e. The normalized spacial score (nSPS) is 11.1. The third kappa shape index (κ3) is 2.36. The molecule has 0 aliphatic rings. The topological polar surface area (TPSA) is 65.2 Å². The zero-order chi connectivity index (χ0) is 12.4. The van der Waals surface area contributed by atoms with Crippen LogP contribution in [0.2, 0.25) is 0 Å². The number of furan rings is 1.